The van der Waals surface area contributed by atoms with Gasteiger partial charge in [-0.2, -0.15) is 0 Å². The molecule has 1 aliphatic rings. The molecule has 1 fully saturated rings. The Bertz CT molecular complexity index is 391. The van der Waals surface area contributed by atoms with Crippen LogP contribution >= 0.6 is 12.4 Å². The maximum atomic E-state index is 5.40. The van der Waals surface area contributed by atoms with Crippen molar-refractivity contribution in [1.29, 1.82) is 0 Å². The molecule has 108 valence electrons. The Morgan fingerprint density at radius 3 is 2.74 bits per heavy atom. The van der Waals surface area contributed by atoms with Gasteiger partial charge in [-0.15, -0.1) is 12.4 Å². The standard InChI is InChI=1S/C15H24N2O.ClH/c1-15(8-9-16-11-15)12-17(2)10-13-6-4-5-7-14(13)18-3;/h4-7,16H,8-12H2,1-3H3;1H. The second-order valence-electron chi connectivity index (χ2n) is 5.72. The molecule has 1 unspecified atom stereocenters. The van der Waals surface area contributed by atoms with E-state index in [9.17, 15) is 0 Å². The fourth-order valence-corrected chi connectivity index (χ4v) is 2.84. The third kappa shape index (κ3) is 4.37. The molecule has 0 radical (unpaired) electrons. The van der Waals surface area contributed by atoms with Crippen LogP contribution in [0.25, 0.3) is 0 Å². The van der Waals surface area contributed by atoms with Crippen molar-refractivity contribution in [1.82, 2.24) is 10.2 Å². The summed E-state index contributed by atoms with van der Waals surface area (Å²) < 4.78 is 5.40. The van der Waals surface area contributed by atoms with Crippen LogP contribution in [0.4, 0.5) is 0 Å². The zero-order valence-corrected chi connectivity index (χ0v) is 12.9. The van der Waals surface area contributed by atoms with Gasteiger partial charge in [-0.05, 0) is 31.5 Å². The molecule has 0 amide bonds. The minimum atomic E-state index is 0. The molecule has 1 heterocycles. The van der Waals surface area contributed by atoms with Crippen molar-refractivity contribution in [2.45, 2.75) is 19.9 Å². The average Bonchev–Trinajstić information content (AvgIpc) is 2.76. The van der Waals surface area contributed by atoms with Gasteiger partial charge < -0.3 is 15.0 Å². The number of halogens is 1. The normalized spacial score (nSPS) is 22.3. The topological polar surface area (TPSA) is 24.5 Å². The van der Waals surface area contributed by atoms with Crippen LogP contribution in [0.2, 0.25) is 0 Å². The van der Waals surface area contributed by atoms with Gasteiger partial charge in [0, 0.05) is 25.2 Å². The predicted octanol–water partition coefficient (Wildman–Crippen LogP) is 2.55. The molecular weight excluding hydrogens is 260 g/mol. The largest absolute Gasteiger partial charge is 0.496 e. The van der Waals surface area contributed by atoms with Crippen LogP contribution < -0.4 is 10.1 Å². The van der Waals surface area contributed by atoms with Crippen molar-refractivity contribution in [3.8, 4) is 5.75 Å². The first-order chi connectivity index (χ1) is 8.63. The third-order valence-electron chi connectivity index (χ3n) is 3.74. The van der Waals surface area contributed by atoms with E-state index in [4.69, 9.17) is 4.74 Å². The van der Waals surface area contributed by atoms with Crippen LogP contribution in [0, 0.1) is 5.41 Å². The first-order valence-corrected chi connectivity index (χ1v) is 6.64. The van der Waals surface area contributed by atoms with Crippen molar-refractivity contribution in [3.63, 3.8) is 0 Å². The lowest BCUT2D eigenvalue weighted by Gasteiger charge is -2.29. The quantitative estimate of drug-likeness (QED) is 0.899. The number of rotatable bonds is 5. The number of nitrogens with one attached hydrogen (secondary N) is 1. The number of nitrogens with zero attached hydrogens (tertiary/aromatic N) is 1. The molecule has 0 bridgehead atoms. The summed E-state index contributed by atoms with van der Waals surface area (Å²) >= 11 is 0. The van der Waals surface area contributed by atoms with Gasteiger partial charge in [-0.25, -0.2) is 0 Å². The van der Waals surface area contributed by atoms with E-state index < -0.39 is 0 Å². The predicted molar refractivity (Wildman–Crippen MR) is 82.2 cm³/mol. The Balaban J connectivity index is 0.00000180. The van der Waals surface area contributed by atoms with Crippen LogP contribution in [-0.2, 0) is 6.54 Å². The fourth-order valence-electron chi connectivity index (χ4n) is 2.84. The monoisotopic (exact) mass is 284 g/mol. The first kappa shape index (κ1) is 16.3. The van der Waals surface area contributed by atoms with E-state index in [1.807, 2.05) is 12.1 Å². The van der Waals surface area contributed by atoms with Crippen LogP contribution in [-0.4, -0.2) is 38.7 Å². The minimum absolute atomic E-state index is 0. The Morgan fingerprint density at radius 2 is 2.11 bits per heavy atom. The van der Waals surface area contributed by atoms with Crippen molar-refractivity contribution in [2.24, 2.45) is 5.41 Å². The summed E-state index contributed by atoms with van der Waals surface area (Å²) in [5.41, 5.74) is 1.67. The van der Waals surface area contributed by atoms with Gasteiger partial charge >= 0.3 is 0 Å². The van der Waals surface area contributed by atoms with Gasteiger partial charge in [0.2, 0.25) is 0 Å². The summed E-state index contributed by atoms with van der Waals surface area (Å²) in [6, 6.07) is 8.27. The summed E-state index contributed by atoms with van der Waals surface area (Å²) in [5, 5.41) is 3.45. The van der Waals surface area contributed by atoms with Crippen LogP contribution in [0.5, 0.6) is 5.75 Å². The van der Waals surface area contributed by atoms with Crippen LogP contribution in [0.1, 0.15) is 18.9 Å². The Labute approximate surface area is 122 Å². The summed E-state index contributed by atoms with van der Waals surface area (Å²) in [6.45, 7) is 6.71. The molecule has 1 N–H and O–H groups in total. The van der Waals surface area contributed by atoms with Crippen molar-refractivity contribution in [3.05, 3.63) is 29.8 Å². The number of hydrogen-bond acceptors (Lipinski definition) is 3. The van der Waals surface area contributed by atoms with E-state index in [0.717, 1.165) is 31.9 Å². The molecule has 1 aromatic rings. The van der Waals surface area contributed by atoms with Gasteiger partial charge in [-0.1, -0.05) is 25.1 Å². The van der Waals surface area contributed by atoms with Gasteiger partial charge in [0.1, 0.15) is 5.75 Å². The lowest BCUT2D eigenvalue weighted by Crippen LogP contribution is -2.34. The smallest absolute Gasteiger partial charge is 0.123 e. The number of para-hydroxylation sites is 1. The lowest BCUT2D eigenvalue weighted by molar-refractivity contribution is 0.201. The van der Waals surface area contributed by atoms with Crippen molar-refractivity contribution in [2.75, 3.05) is 33.8 Å². The zero-order valence-electron chi connectivity index (χ0n) is 12.1. The molecule has 1 aliphatic heterocycles. The maximum absolute atomic E-state index is 5.40. The summed E-state index contributed by atoms with van der Waals surface area (Å²) in [5.74, 6) is 0.985. The molecule has 2 rings (SSSR count). The van der Waals surface area contributed by atoms with Crippen LogP contribution in [0.15, 0.2) is 24.3 Å². The second-order valence-corrected chi connectivity index (χ2v) is 5.72. The van der Waals surface area contributed by atoms with Crippen molar-refractivity contribution >= 4 is 12.4 Å². The maximum Gasteiger partial charge on any atom is 0.123 e. The summed E-state index contributed by atoms with van der Waals surface area (Å²) in [4.78, 5) is 2.39. The summed E-state index contributed by atoms with van der Waals surface area (Å²) in [7, 11) is 3.93. The lowest BCUT2D eigenvalue weighted by atomic mass is 9.89. The van der Waals surface area contributed by atoms with E-state index >= 15 is 0 Å². The van der Waals surface area contributed by atoms with Gasteiger partial charge in [-0.3, -0.25) is 0 Å². The van der Waals surface area contributed by atoms with Gasteiger partial charge in [0.05, 0.1) is 7.11 Å². The van der Waals surface area contributed by atoms with Gasteiger partial charge in [0.15, 0.2) is 0 Å². The second kappa shape index (κ2) is 7.13. The first-order valence-electron chi connectivity index (χ1n) is 6.64. The molecule has 4 heteroatoms. The van der Waals surface area contributed by atoms with E-state index in [-0.39, 0.29) is 12.4 Å². The van der Waals surface area contributed by atoms with E-state index in [2.05, 4.69) is 36.3 Å². The molecular formula is C15H25ClN2O. The highest BCUT2D eigenvalue weighted by atomic mass is 35.5. The molecule has 0 aromatic heterocycles. The SMILES string of the molecule is COc1ccccc1CN(C)CC1(C)CCNC1.Cl. The molecule has 0 saturated carbocycles. The van der Waals surface area contributed by atoms with Crippen LogP contribution in [0.3, 0.4) is 0 Å². The van der Waals surface area contributed by atoms with Crippen molar-refractivity contribution < 1.29 is 4.74 Å². The number of methoxy groups -OCH3 is 1. The molecule has 3 nitrogen and oxygen atoms in total. The third-order valence-corrected chi connectivity index (χ3v) is 3.74. The Hall–Kier alpha value is -0.770. The number of ether oxygens (including phenoxy) is 1. The highest BCUT2D eigenvalue weighted by Gasteiger charge is 2.29. The zero-order chi connectivity index (χ0) is 13.0. The molecule has 1 atom stereocenters. The molecule has 19 heavy (non-hydrogen) atoms. The number of benzene rings is 1. The summed E-state index contributed by atoms with van der Waals surface area (Å²) in [6.07, 6.45) is 1.27. The van der Waals surface area contributed by atoms with Gasteiger partial charge in [0.25, 0.3) is 0 Å². The fraction of sp³-hybridized carbons (Fsp3) is 0.600. The van der Waals surface area contributed by atoms with E-state index in [1.54, 1.807) is 7.11 Å². The molecule has 0 aliphatic carbocycles. The Kier molecular flexibility index (Phi) is 6.11. The van der Waals surface area contributed by atoms with E-state index in [0.29, 0.717) is 5.41 Å². The highest BCUT2D eigenvalue weighted by Crippen LogP contribution is 2.26. The molecule has 1 aromatic carbocycles. The number of hydrogen-bond donors (Lipinski definition) is 1. The molecule has 0 spiro atoms. The Morgan fingerprint density at radius 1 is 1.37 bits per heavy atom. The minimum Gasteiger partial charge on any atom is -0.496 e. The average molecular weight is 285 g/mol. The molecule has 1 saturated heterocycles. The highest BCUT2D eigenvalue weighted by molar-refractivity contribution is 5.85. The van der Waals surface area contributed by atoms with E-state index in [1.165, 1.54) is 12.0 Å².